The van der Waals surface area contributed by atoms with Crippen molar-refractivity contribution >= 4 is 11.8 Å². The molecule has 1 unspecified atom stereocenters. The van der Waals surface area contributed by atoms with Gasteiger partial charge in [0.25, 0.3) is 0 Å². The van der Waals surface area contributed by atoms with Crippen LogP contribution in [0.4, 0.5) is 0 Å². The van der Waals surface area contributed by atoms with Gasteiger partial charge in [-0.15, -0.1) is 0 Å². The Morgan fingerprint density at radius 1 is 0.917 bits per heavy atom. The molecule has 0 aromatic heterocycles. The van der Waals surface area contributed by atoms with E-state index in [1.807, 2.05) is 0 Å². The molecule has 14 atom stereocenters. The fourth-order valence-corrected chi connectivity index (χ4v) is 8.89. The molecule has 0 spiro atoms. The van der Waals surface area contributed by atoms with Gasteiger partial charge in [-0.25, -0.2) is 4.79 Å². The highest BCUT2D eigenvalue weighted by Gasteiger charge is 2.61. The van der Waals surface area contributed by atoms with Crippen LogP contribution in [0.2, 0.25) is 0 Å². The number of ketones is 1. The van der Waals surface area contributed by atoms with Gasteiger partial charge in [0.2, 0.25) is 0 Å². The standard InChI is InChI=1S/C26H40O10/c1-26-9-17(28)19-13-5-3-12(27)8-11(13)2-4-14(19)15(26)6-7-16(26)18(29)10-35-25-22(32)20(30)21(31)23(36-25)24(33)34/h11-17,19-23,25,27-28,30-32H,2-10H2,1H3,(H,33,34)/t11-,12+,13-,14-,15-,16+,17+,19+,20-,21-,22+,23-,25?,26-/m0/s1. The number of carbonyl (C=O) groups is 2. The van der Waals surface area contributed by atoms with Crippen LogP contribution in [0.15, 0.2) is 0 Å². The van der Waals surface area contributed by atoms with Crippen LogP contribution in [0.5, 0.6) is 0 Å². The van der Waals surface area contributed by atoms with Gasteiger partial charge >= 0.3 is 5.97 Å². The number of hydrogen-bond acceptors (Lipinski definition) is 9. The molecule has 4 aliphatic carbocycles. The van der Waals surface area contributed by atoms with E-state index in [4.69, 9.17) is 9.47 Å². The average Bonchev–Trinajstić information content (AvgIpc) is 3.17. The van der Waals surface area contributed by atoms with Gasteiger partial charge in [-0.3, -0.25) is 4.79 Å². The fourth-order valence-electron chi connectivity index (χ4n) is 8.89. The van der Waals surface area contributed by atoms with Crippen molar-refractivity contribution in [3.8, 4) is 0 Å². The maximum Gasteiger partial charge on any atom is 0.335 e. The van der Waals surface area contributed by atoms with Crippen molar-refractivity contribution in [3.05, 3.63) is 0 Å². The van der Waals surface area contributed by atoms with Gasteiger partial charge in [0, 0.05) is 5.92 Å². The zero-order valence-corrected chi connectivity index (χ0v) is 20.7. The highest BCUT2D eigenvalue weighted by molar-refractivity contribution is 5.83. The van der Waals surface area contributed by atoms with Crippen molar-refractivity contribution in [2.24, 2.45) is 40.9 Å². The van der Waals surface area contributed by atoms with Crippen LogP contribution in [0, 0.1) is 40.9 Å². The van der Waals surface area contributed by atoms with E-state index in [1.54, 1.807) is 0 Å². The average molecular weight is 513 g/mol. The highest BCUT2D eigenvalue weighted by Crippen LogP contribution is 2.64. The van der Waals surface area contributed by atoms with Crippen molar-refractivity contribution in [1.29, 1.82) is 0 Å². The van der Waals surface area contributed by atoms with Gasteiger partial charge in [-0.05, 0) is 86.4 Å². The Balaban J connectivity index is 1.25. The number of fused-ring (bicyclic) bond motifs is 5. The minimum absolute atomic E-state index is 0.191. The largest absolute Gasteiger partial charge is 0.479 e. The number of hydrogen-bond donors (Lipinski definition) is 6. The number of aliphatic hydroxyl groups excluding tert-OH is 5. The lowest BCUT2D eigenvalue weighted by Gasteiger charge is -2.57. The van der Waals surface area contributed by atoms with Crippen LogP contribution < -0.4 is 0 Å². The molecule has 0 radical (unpaired) electrons. The third-order valence-corrected chi connectivity index (χ3v) is 10.5. The molecular formula is C26H40O10. The van der Waals surface area contributed by atoms with Gasteiger partial charge in [0.15, 0.2) is 18.2 Å². The Bertz CT molecular complexity index is 851. The molecule has 0 amide bonds. The smallest absolute Gasteiger partial charge is 0.335 e. The van der Waals surface area contributed by atoms with Crippen molar-refractivity contribution < 1.29 is 49.7 Å². The van der Waals surface area contributed by atoms with E-state index in [0.717, 1.165) is 38.5 Å². The topological polar surface area (TPSA) is 174 Å². The molecular weight excluding hydrogens is 472 g/mol. The quantitative estimate of drug-likeness (QED) is 0.296. The van der Waals surface area contributed by atoms with Crippen LogP contribution in [-0.4, -0.2) is 91.9 Å². The van der Waals surface area contributed by atoms with Crippen LogP contribution in [0.1, 0.15) is 58.3 Å². The summed E-state index contributed by atoms with van der Waals surface area (Å²) in [5, 5.41) is 60.7. The Morgan fingerprint density at radius 3 is 2.36 bits per heavy atom. The SMILES string of the molecule is C[C@]12C[C@@H](O)[C@H]3[C@@H](CC[C@H]4C[C@H](O)CC[C@@H]43)[C@@H]1CC[C@@H]2C(=O)COC1O[C@H](C(=O)O)[C@@H](O)[C@H](O)[C@H]1O. The van der Waals surface area contributed by atoms with E-state index in [9.17, 15) is 40.2 Å². The van der Waals surface area contributed by atoms with Gasteiger partial charge in [-0.1, -0.05) is 6.92 Å². The molecule has 10 heteroatoms. The summed E-state index contributed by atoms with van der Waals surface area (Å²) in [6.07, 6.45) is -2.62. The Kier molecular flexibility index (Phi) is 7.26. The first-order valence-corrected chi connectivity index (χ1v) is 13.5. The normalized spacial score (nSPS) is 52.7. The number of carboxylic acid groups (broad SMARTS) is 1. The van der Waals surface area contributed by atoms with Gasteiger partial charge in [0.05, 0.1) is 12.2 Å². The van der Waals surface area contributed by atoms with Crippen molar-refractivity contribution in [2.75, 3.05) is 6.61 Å². The van der Waals surface area contributed by atoms with E-state index in [1.165, 1.54) is 0 Å². The van der Waals surface area contributed by atoms with Crippen molar-refractivity contribution in [2.45, 2.75) is 101 Å². The van der Waals surface area contributed by atoms with Crippen LogP contribution in [0.3, 0.4) is 0 Å². The molecule has 204 valence electrons. The first-order chi connectivity index (χ1) is 17.0. The zero-order chi connectivity index (χ0) is 25.9. The molecule has 1 aliphatic heterocycles. The van der Waals surface area contributed by atoms with Gasteiger partial charge in [-0.2, -0.15) is 0 Å². The molecule has 1 heterocycles. The summed E-state index contributed by atoms with van der Waals surface area (Å²) < 4.78 is 10.6. The van der Waals surface area contributed by atoms with E-state index < -0.39 is 49.4 Å². The summed E-state index contributed by atoms with van der Waals surface area (Å²) in [6, 6.07) is 0. The maximum absolute atomic E-state index is 13.3. The number of ether oxygens (including phenoxy) is 2. The lowest BCUT2D eigenvalue weighted by Crippen LogP contribution is -2.60. The molecule has 5 aliphatic rings. The lowest BCUT2D eigenvalue weighted by molar-refractivity contribution is -0.292. The Morgan fingerprint density at radius 2 is 1.64 bits per heavy atom. The lowest BCUT2D eigenvalue weighted by atomic mass is 9.48. The first-order valence-electron chi connectivity index (χ1n) is 13.5. The molecule has 5 rings (SSSR count). The highest BCUT2D eigenvalue weighted by atomic mass is 16.7. The summed E-state index contributed by atoms with van der Waals surface area (Å²) in [5.74, 6) is -0.259. The third-order valence-electron chi connectivity index (χ3n) is 10.5. The van der Waals surface area contributed by atoms with E-state index in [2.05, 4.69) is 6.92 Å². The molecule has 10 nitrogen and oxygen atoms in total. The molecule has 6 N–H and O–H groups in total. The third kappa shape index (κ3) is 4.32. The molecule has 1 saturated heterocycles. The predicted octanol–water partition coefficient (Wildman–Crippen LogP) is 0.0648. The number of aliphatic carboxylic acids is 1. The second-order valence-corrected chi connectivity index (χ2v) is 12.2. The number of aliphatic hydroxyl groups is 5. The van der Waals surface area contributed by atoms with Crippen LogP contribution >= 0.6 is 0 Å². The van der Waals surface area contributed by atoms with Crippen LogP contribution in [-0.2, 0) is 19.1 Å². The minimum Gasteiger partial charge on any atom is -0.479 e. The van der Waals surface area contributed by atoms with Crippen LogP contribution in [0.25, 0.3) is 0 Å². The molecule has 0 aromatic carbocycles. The first kappa shape index (κ1) is 26.5. The summed E-state index contributed by atoms with van der Waals surface area (Å²) in [6.45, 7) is 1.67. The summed E-state index contributed by atoms with van der Waals surface area (Å²) >= 11 is 0. The molecule has 4 saturated carbocycles. The van der Waals surface area contributed by atoms with E-state index in [0.29, 0.717) is 36.5 Å². The molecule has 36 heavy (non-hydrogen) atoms. The van der Waals surface area contributed by atoms with Crippen molar-refractivity contribution in [3.63, 3.8) is 0 Å². The maximum atomic E-state index is 13.3. The number of carbonyl (C=O) groups excluding carboxylic acids is 1. The van der Waals surface area contributed by atoms with Gasteiger partial charge in [0.1, 0.15) is 24.9 Å². The minimum atomic E-state index is -1.82. The number of carboxylic acids is 1. The number of Topliss-reactive ketones (excluding diaryl/α,β-unsaturated/α-hetero) is 1. The fraction of sp³-hybridized carbons (Fsp3) is 0.923. The summed E-state index contributed by atoms with van der Waals surface area (Å²) in [7, 11) is 0. The van der Waals surface area contributed by atoms with E-state index >= 15 is 0 Å². The summed E-state index contributed by atoms with van der Waals surface area (Å²) in [5.41, 5.74) is -0.382. The molecule has 0 aromatic rings. The molecule has 5 fully saturated rings. The predicted molar refractivity (Wildman–Crippen MR) is 123 cm³/mol. The summed E-state index contributed by atoms with van der Waals surface area (Å²) in [4.78, 5) is 24.7. The van der Waals surface area contributed by atoms with E-state index in [-0.39, 0.29) is 29.1 Å². The second kappa shape index (κ2) is 9.87. The van der Waals surface area contributed by atoms with Gasteiger partial charge < -0.3 is 40.1 Å². The zero-order valence-electron chi connectivity index (χ0n) is 20.7. The second-order valence-electron chi connectivity index (χ2n) is 12.2. The van der Waals surface area contributed by atoms with Crippen molar-refractivity contribution in [1.82, 2.24) is 0 Å². The number of rotatable bonds is 5. The Hall–Kier alpha value is -1.14. The monoisotopic (exact) mass is 512 g/mol. The molecule has 0 bridgehead atoms. The Labute approximate surface area is 210 Å².